The molecule has 7 nitrogen and oxygen atoms in total. The maximum atomic E-state index is 13.8. The third-order valence-electron chi connectivity index (χ3n) is 5.53. The second kappa shape index (κ2) is 9.64. The van der Waals surface area contributed by atoms with Crippen LogP contribution in [0.15, 0.2) is 77.7 Å². The molecular weight excluding hydrogens is 459 g/mol. The van der Waals surface area contributed by atoms with Gasteiger partial charge in [-0.3, -0.25) is 9.52 Å². The summed E-state index contributed by atoms with van der Waals surface area (Å²) in [6.07, 6.45) is 0.680. The molecule has 0 aromatic heterocycles. The third kappa shape index (κ3) is 4.94. The summed E-state index contributed by atoms with van der Waals surface area (Å²) in [5, 5.41) is 0. The highest BCUT2D eigenvalue weighted by molar-refractivity contribution is 7.92. The summed E-state index contributed by atoms with van der Waals surface area (Å²) in [6.45, 7) is 2.05. The fourth-order valence-corrected chi connectivity index (χ4v) is 4.85. The Morgan fingerprint density at radius 3 is 2.41 bits per heavy atom. The number of fused-ring (bicyclic) bond motifs is 1. The number of hydrogen-bond donors (Lipinski definition) is 1. The highest BCUT2D eigenvalue weighted by Crippen LogP contribution is 2.27. The Balaban J connectivity index is 1.43. The number of ether oxygens (including phenoxy) is 1. The second-order valence-electron chi connectivity index (χ2n) is 7.88. The van der Waals surface area contributed by atoms with Gasteiger partial charge in [-0.15, -0.1) is 0 Å². The first-order chi connectivity index (χ1) is 16.3. The number of carbonyl (C=O) groups excluding carboxylic acids is 2. The van der Waals surface area contributed by atoms with E-state index in [2.05, 4.69) is 4.72 Å². The Morgan fingerprint density at radius 1 is 1.00 bits per heavy atom. The number of hydrogen-bond acceptors (Lipinski definition) is 5. The summed E-state index contributed by atoms with van der Waals surface area (Å²) in [5.74, 6) is -1.79. The predicted molar refractivity (Wildman–Crippen MR) is 126 cm³/mol. The lowest BCUT2D eigenvalue weighted by atomic mass is 10.0. The van der Waals surface area contributed by atoms with Crippen molar-refractivity contribution in [3.63, 3.8) is 0 Å². The fourth-order valence-electron chi connectivity index (χ4n) is 3.78. The Bertz CT molecular complexity index is 1330. The molecule has 0 saturated heterocycles. The van der Waals surface area contributed by atoms with Crippen LogP contribution in [0, 0.1) is 5.82 Å². The quantitative estimate of drug-likeness (QED) is 0.533. The van der Waals surface area contributed by atoms with Gasteiger partial charge in [-0.1, -0.05) is 30.3 Å². The molecule has 0 bridgehead atoms. The fraction of sp³-hybridized carbons (Fsp3) is 0.200. The number of benzene rings is 3. The van der Waals surface area contributed by atoms with Crippen molar-refractivity contribution in [2.75, 3.05) is 16.2 Å². The van der Waals surface area contributed by atoms with E-state index in [-0.39, 0.29) is 22.1 Å². The number of esters is 1. The molecule has 0 spiro atoms. The Morgan fingerprint density at radius 2 is 1.68 bits per heavy atom. The molecule has 1 amide bonds. The molecule has 4 rings (SSSR count). The van der Waals surface area contributed by atoms with E-state index in [1.165, 1.54) is 49.4 Å². The largest absolute Gasteiger partial charge is 0.449 e. The van der Waals surface area contributed by atoms with Crippen molar-refractivity contribution >= 4 is 33.3 Å². The number of sulfonamides is 1. The van der Waals surface area contributed by atoms with Crippen molar-refractivity contribution in [3.05, 3.63) is 89.7 Å². The molecule has 9 heteroatoms. The number of halogens is 1. The first kappa shape index (κ1) is 23.4. The van der Waals surface area contributed by atoms with E-state index in [1.54, 1.807) is 4.90 Å². The van der Waals surface area contributed by atoms with Gasteiger partial charge in [0.15, 0.2) is 6.10 Å². The topological polar surface area (TPSA) is 92.8 Å². The summed E-state index contributed by atoms with van der Waals surface area (Å²) >= 11 is 0. The van der Waals surface area contributed by atoms with Crippen molar-refractivity contribution in [2.24, 2.45) is 0 Å². The van der Waals surface area contributed by atoms with Gasteiger partial charge in [0.05, 0.1) is 16.1 Å². The van der Waals surface area contributed by atoms with Gasteiger partial charge in [0.1, 0.15) is 5.82 Å². The first-order valence-corrected chi connectivity index (χ1v) is 12.2. The summed E-state index contributed by atoms with van der Waals surface area (Å²) < 4.78 is 46.4. The van der Waals surface area contributed by atoms with Gasteiger partial charge in [-0.25, -0.2) is 17.6 Å². The van der Waals surface area contributed by atoms with Crippen LogP contribution in [-0.2, 0) is 26.0 Å². The molecular formula is C25H23FN2O5S. The molecule has 1 unspecified atom stereocenters. The second-order valence-corrected chi connectivity index (χ2v) is 9.56. The lowest BCUT2D eigenvalue weighted by molar-refractivity contribution is -0.126. The third-order valence-corrected chi connectivity index (χ3v) is 6.91. The first-order valence-electron chi connectivity index (χ1n) is 10.7. The van der Waals surface area contributed by atoms with Crippen LogP contribution in [0.25, 0.3) is 0 Å². The maximum absolute atomic E-state index is 13.8. The number of amides is 1. The number of carbonyl (C=O) groups is 2. The molecule has 1 aliphatic heterocycles. The summed E-state index contributed by atoms with van der Waals surface area (Å²) in [7, 11) is -4.06. The van der Waals surface area contributed by atoms with E-state index in [0.29, 0.717) is 6.54 Å². The number of rotatable bonds is 6. The van der Waals surface area contributed by atoms with Gasteiger partial charge in [0, 0.05) is 12.2 Å². The maximum Gasteiger partial charge on any atom is 0.338 e. The van der Waals surface area contributed by atoms with Crippen LogP contribution in [-0.4, -0.2) is 32.9 Å². The molecule has 1 N–H and O–H groups in total. The van der Waals surface area contributed by atoms with Crippen LogP contribution in [0.5, 0.6) is 0 Å². The molecule has 1 heterocycles. The average molecular weight is 483 g/mol. The average Bonchev–Trinajstić information content (AvgIpc) is 2.84. The minimum atomic E-state index is -4.06. The molecule has 0 fully saturated rings. The minimum absolute atomic E-state index is 0.0866. The Labute approximate surface area is 197 Å². The number of aryl methyl sites for hydroxylation is 1. The van der Waals surface area contributed by atoms with E-state index in [0.717, 1.165) is 30.2 Å². The van der Waals surface area contributed by atoms with Crippen LogP contribution in [0.3, 0.4) is 0 Å². The molecule has 34 heavy (non-hydrogen) atoms. The van der Waals surface area contributed by atoms with Gasteiger partial charge in [0.2, 0.25) is 0 Å². The lowest BCUT2D eigenvalue weighted by Crippen LogP contribution is -2.42. The van der Waals surface area contributed by atoms with Gasteiger partial charge in [-0.2, -0.15) is 0 Å². The van der Waals surface area contributed by atoms with Crippen LogP contribution >= 0.6 is 0 Å². The van der Waals surface area contributed by atoms with Gasteiger partial charge >= 0.3 is 5.97 Å². The predicted octanol–water partition coefficient (Wildman–Crippen LogP) is 4.15. The number of para-hydroxylation sites is 2. The zero-order valence-electron chi connectivity index (χ0n) is 18.4. The molecule has 0 radical (unpaired) electrons. The smallest absolute Gasteiger partial charge is 0.338 e. The number of nitrogens with one attached hydrogen (secondary N) is 1. The standard InChI is InChI=1S/C25H23FN2O5S/c1-17(24(29)28-16-6-8-18-7-2-5-11-23(18)28)33-25(30)19-12-14-20(15-13-19)34(31,32)27-22-10-4-3-9-21(22)26/h2-5,7,9-15,17,27H,6,8,16H2,1H3. The van der Waals surface area contributed by atoms with Crippen molar-refractivity contribution in [3.8, 4) is 0 Å². The molecule has 176 valence electrons. The van der Waals surface area contributed by atoms with Crippen molar-refractivity contribution < 1.29 is 27.1 Å². The highest BCUT2D eigenvalue weighted by Gasteiger charge is 2.28. The van der Waals surface area contributed by atoms with Crippen LogP contribution in [0.4, 0.5) is 15.8 Å². The van der Waals surface area contributed by atoms with E-state index in [1.807, 2.05) is 24.3 Å². The van der Waals surface area contributed by atoms with Crippen LogP contribution in [0.1, 0.15) is 29.3 Å². The number of anilines is 2. The van der Waals surface area contributed by atoms with Crippen molar-refractivity contribution in [2.45, 2.75) is 30.8 Å². The lowest BCUT2D eigenvalue weighted by Gasteiger charge is -2.31. The van der Waals surface area contributed by atoms with E-state index in [9.17, 15) is 22.4 Å². The van der Waals surface area contributed by atoms with Crippen LogP contribution in [0.2, 0.25) is 0 Å². The van der Waals surface area contributed by atoms with Gasteiger partial charge in [-0.05, 0) is 67.8 Å². The van der Waals surface area contributed by atoms with Crippen molar-refractivity contribution in [1.29, 1.82) is 0 Å². The number of nitrogens with zero attached hydrogens (tertiary/aromatic N) is 1. The monoisotopic (exact) mass is 482 g/mol. The van der Waals surface area contributed by atoms with Crippen LogP contribution < -0.4 is 9.62 Å². The molecule has 0 aliphatic carbocycles. The van der Waals surface area contributed by atoms with E-state index < -0.39 is 27.9 Å². The normalized spacial score (nSPS) is 14.1. The zero-order chi connectivity index (χ0) is 24.3. The SMILES string of the molecule is CC(OC(=O)c1ccc(S(=O)(=O)Nc2ccccc2F)cc1)C(=O)N1CCCc2ccccc21. The van der Waals surface area contributed by atoms with Gasteiger partial charge in [0.25, 0.3) is 15.9 Å². The van der Waals surface area contributed by atoms with E-state index >= 15 is 0 Å². The Hall–Kier alpha value is -3.72. The molecule has 3 aromatic rings. The minimum Gasteiger partial charge on any atom is -0.449 e. The van der Waals surface area contributed by atoms with E-state index in [4.69, 9.17) is 4.74 Å². The summed E-state index contributed by atoms with van der Waals surface area (Å²) in [5.41, 5.74) is 1.79. The summed E-state index contributed by atoms with van der Waals surface area (Å²) in [4.78, 5) is 27.0. The summed E-state index contributed by atoms with van der Waals surface area (Å²) in [6, 6.07) is 18.0. The Kier molecular flexibility index (Phi) is 6.65. The molecule has 1 atom stereocenters. The molecule has 0 saturated carbocycles. The molecule has 3 aromatic carbocycles. The molecule has 1 aliphatic rings. The van der Waals surface area contributed by atoms with Crippen molar-refractivity contribution in [1.82, 2.24) is 0 Å². The highest BCUT2D eigenvalue weighted by atomic mass is 32.2. The zero-order valence-corrected chi connectivity index (χ0v) is 19.2. The van der Waals surface area contributed by atoms with Gasteiger partial charge < -0.3 is 9.64 Å².